The number of aryl methyl sites for hydroxylation is 2. The van der Waals surface area contributed by atoms with Gasteiger partial charge in [-0.15, -0.1) is 11.3 Å². The third-order valence-corrected chi connectivity index (χ3v) is 5.64. The fraction of sp³-hybridized carbons (Fsp3) is 0.750. The van der Waals surface area contributed by atoms with Crippen LogP contribution in [0.15, 0.2) is 6.07 Å². The van der Waals surface area contributed by atoms with E-state index in [9.17, 15) is 0 Å². The van der Waals surface area contributed by atoms with Crippen molar-refractivity contribution in [3.63, 3.8) is 0 Å². The van der Waals surface area contributed by atoms with Gasteiger partial charge in [0, 0.05) is 29.4 Å². The quantitative estimate of drug-likeness (QED) is 0.657. The van der Waals surface area contributed by atoms with Gasteiger partial charge in [-0.05, 0) is 63.2 Å². The Kier molecular flexibility index (Phi) is 4.91. The molecule has 1 N–H and O–H groups in total. The van der Waals surface area contributed by atoms with Crippen LogP contribution in [0.25, 0.3) is 0 Å². The molecule has 0 unspecified atom stereocenters. The highest BCUT2D eigenvalue weighted by molar-refractivity contribution is 7.12. The van der Waals surface area contributed by atoms with Crippen LogP contribution in [0, 0.1) is 0 Å². The predicted molar refractivity (Wildman–Crippen MR) is 83.0 cm³/mol. The van der Waals surface area contributed by atoms with Crippen molar-refractivity contribution in [2.24, 2.45) is 0 Å². The van der Waals surface area contributed by atoms with Crippen LogP contribution < -0.4 is 5.32 Å². The molecule has 1 fully saturated rings. The summed E-state index contributed by atoms with van der Waals surface area (Å²) < 4.78 is 0. The van der Waals surface area contributed by atoms with Gasteiger partial charge in [-0.3, -0.25) is 0 Å². The zero-order valence-electron chi connectivity index (χ0n) is 11.9. The Balaban J connectivity index is 1.42. The summed E-state index contributed by atoms with van der Waals surface area (Å²) >= 11 is 2.06. The number of likely N-dealkylation sites (tertiary alicyclic amines) is 1. The third kappa shape index (κ3) is 3.80. The molecule has 0 spiro atoms. The van der Waals surface area contributed by atoms with Gasteiger partial charge in [-0.2, -0.15) is 0 Å². The van der Waals surface area contributed by atoms with E-state index in [0.29, 0.717) is 0 Å². The Labute approximate surface area is 121 Å². The van der Waals surface area contributed by atoms with E-state index < -0.39 is 0 Å². The summed E-state index contributed by atoms with van der Waals surface area (Å²) in [6, 6.07) is 2.47. The van der Waals surface area contributed by atoms with Crippen molar-refractivity contribution >= 4 is 11.3 Å². The van der Waals surface area contributed by atoms with Crippen molar-refractivity contribution < 1.29 is 0 Å². The minimum atomic E-state index is 1.07. The molecule has 1 saturated heterocycles. The molecule has 1 aromatic rings. The SMILES string of the molecule is c1c(CNCCN2CCCC2)sc2c1CCCCC2. The molecule has 1 aliphatic carbocycles. The summed E-state index contributed by atoms with van der Waals surface area (Å²) in [7, 11) is 0. The maximum absolute atomic E-state index is 3.62. The van der Waals surface area contributed by atoms with Crippen molar-refractivity contribution in [1.29, 1.82) is 0 Å². The number of nitrogens with one attached hydrogen (secondary N) is 1. The van der Waals surface area contributed by atoms with Crippen LogP contribution >= 0.6 is 11.3 Å². The van der Waals surface area contributed by atoms with Gasteiger partial charge < -0.3 is 10.2 Å². The Morgan fingerprint density at radius 1 is 1.05 bits per heavy atom. The maximum atomic E-state index is 3.62. The monoisotopic (exact) mass is 278 g/mol. The first-order valence-electron chi connectivity index (χ1n) is 7.95. The molecule has 106 valence electrons. The van der Waals surface area contributed by atoms with Crippen molar-refractivity contribution in [3.05, 3.63) is 21.4 Å². The molecule has 3 rings (SSSR count). The average molecular weight is 278 g/mol. The zero-order valence-corrected chi connectivity index (χ0v) is 12.7. The lowest BCUT2D eigenvalue weighted by Gasteiger charge is -2.14. The normalized spacial score (nSPS) is 20.4. The van der Waals surface area contributed by atoms with E-state index in [-0.39, 0.29) is 0 Å². The van der Waals surface area contributed by atoms with Gasteiger partial charge in [0.1, 0.15) is 0 Å². The van der Waals surface area contributed by atoms with E-state index in [1.165, 1.54) is 64.6 Å². The zero-order chi connectivity index (χ0) is 12.9. The molecule has 0 radical (unpaired) electrons. The average Bonchev–Trinajstić information content (AvgIpc) is 3.01. The number of thiophene rings is 1. The molecule has 0 amide bonds. The molecule has 0 bridgehead atoms. The van der Waals surface area contributed by atoms with Crippen LogP contribution in [-0.4, -0.2) is 31.1 Å². The van der Waals surface area contributed by atoms with Crippen LogP contribution in [0.4, 0.5) is 0 Å². The molecule has 3 heteroatoms. The fourth-order valence-electron chi connectivity index (χ4n) is 3.27. The first kappa shape index (κ1) is 13.6. The summed E-state index contributed by atoms with van der Waals surface area (Å²) in [4.78, 5) is 5.80. The molecule has 2 nitrogen and oxygen atoms in total. The van der Waals surface area contributed by atoms with Crippen LogP contribution in [-0.2, 0) is 19.4 Å². The second-order valence-corrected chi connectivity index (χ2v) is 7.17. The van der Waals surface area contributed by atoms with E-state index in [1.807, 2.05) is 0 Å². The summed E-state index contributed by atoms with van der Waals surface area (Å²) in [5.74, 6) is 0. The number of nitrogens with zero attached hydrogens (tertiary/aromatic N) is 1. The van der Waals surface area contributed by atoms with Crippen molar-refractivity contribution in [2.45, 2.75) is 51.5 Å². The molecule has 2 aliphatic rings. The highest BCUT2D eigenvalue weighted by Gasteiger charge is 2.13. The summed E-state index contributed by atoms with van der Waals surface area (Å²) in [5, 5.41) is 3.62. The number of fused-ring (bicyclic) bond motifs is 1. The van der Waals surface area contributed by atoms with Gasteiger partial charge in [-0.25, -0.2) is 0 Å². The van der Waals surface area contributed by atoms with Crippen molar-refractivity contribution in [1.82, 2.24) is 10.2 Å². The molecule has 0 saturated carbocycles. The number of rotatable bonds is 5. The van der Waals surface area contributed by atoms with Crippen molar-refractivity contribution in [3.8, 4) is 0 Å². The Bertz CT molecular complexity index is 370. The molecular formula is C16H26N2S. The minimum Gasteiger partial charge on any atom is -0.311 e. The summed E-state index contributed by atoms with van der Waals surface area (Å²) in [6.07, 6.45) is 9.66. The molecule has 0 aromatic carbocycles. The molecule has 0 atom stereocenters. The highest BCUT2D eigenvalue weighted by Crippen LogP contribution is 2.28. The standard InChI is InChI=1S/C16H26N2S/c1-2-6-14-12-15(19-16(14)7-3-1)13-17-8-11-18-9-4-5-10-18/h12,17H,1-11,13H2. The van der Waals surface area contributed by atoms with E-state index in [4.69, 9.17) is 0 Å². The van der Waals surface area contributed by atoms with Gasteiger partial charge in [0.25, 0.3) is 0 Å². The maximum Gasteiger partial charge on any atom is 0.0300 e. The van der Waals surface area contributed by atoms with E-state index in [1.54, 1.807) is 15.3 Å². The molecular weight excluding hydrogens is 252 g/mol. The molecule has 1 aromatic heterocycles. The van der Waals surface area contributed by atoms with Crippen LogP contribution in [0.2, 0.25) is 0 Å². The number of hydrogen-bond donors (Lipinski definition) is 1. The summed E-state index contributed by atoms with van der Waals surface area (Å²) in [6.45, 7) is 6.07. The van der Waals surface area contributed by atoms with Gasteiger partial charge in [0.15, 0.2) is 0 Å². The van der Waals surface area contributed by atoms with Crippen molar-refractivity contribution in [2.75, 3.05) is 26.2 Å². The molecule has 19 heavy (non-hydrogen) atoms. The second-order valence-electron chi connectivity index (χ2n) is 5.95. The summed E-state index contributed by atoms with van der Waals surface area (Å²) in [5.41, 5.74) is 1.65. The lowest BCUT2D eigenvalue weighted by Crippen LogP contribution is -2.29. The van der Waals surface area contributed by atoms with Gasteiger partial charge in [0.05, 0.1) is 0 Å². The fourth-order valence-corrected chi connectivity index (χ4v) is 4.50. The Morgan fingerprint density at radius 2 is 1.89 bits per heavy atom. The van der Waals surface area contributed by atoms with Gasteiger partial charge in [0.2, 0.25) is 0 Å². The lowest BCUT2D eigenvalue weighted by atomic mass is 10.1. The van der Waals surface area contributed by atoms with Gasteiger partial charge in [-0.1, -0.05) is 6.42 Å². The first-order valence-corrected chi connectivity index (χ1v) is 8.77. The predicted octanol–water partition coefficient (Wildman–Crippen LogP) is 3.20. The largest absolute Gasteiger partial charge is 0.311 e. The van der Waals surface area contributed by atoms with Crippen LogP contribution in [0.5, 0.6) is 0 Å². The molecule has 2 heterocycles. The highest BCUT2D eigenvalue weighted by atomic mass is 32.1. The van der Waals surface area contributed by atoms with E-state index in [2.05, 4.69) is 27.6 Å². The van der Waals surface area contributed by atoms with E-state index >= 15 is 0 Å². The van der Waals surface area contributed by atoms with Crippen LogP contribution in [0.1, 0.15) is 47.4 Å². The molecule has 1 aliphatic heterocycles. The Hall–Kier alpha value is -0.380. The van der Waals surface area contributed by atoms with E-state index in [0.717, 1.165) is 13.1 Å². The first-order chi connectivity index (χ1) is 9.42. The third-order valence-electron chi connectivity index (χ3n) is 4.40. The smallest absolute Gasteiger partial charge is 0.0300 e. The number of hydrogen-bond acceptors (Lipinski definition) is 3. The van der Waals surface area contributed by atoms with Gasteiger partial charge >= 0.3 is 0 Å². The Morgan fingerprint density at radius 3 is 2.79 bits per heavy atom. The topological polar surface area (TPSA) is 15.3 Å². The minimum absolute atomic E-state index is 1.07. The lowest BCUT2D eigenvalue weighted by molar-refractivity contribution is 0.336. The second kappa shape index (κ2) is 6.87. The van der Waals surface area contributed by atoms with Crippen LogP contribution in [0.3, 0.4) is 0 Å².